The molecule has 0 radical (unpaired) electrons. The molecule has 0 aliphatic rings. The van der Waals surface area contributed by atoms with Crippen LogP contribution in [0.5, 0.6) is 0 Å². The van der Waals surface area contributed by atoms with Gasteiger partial charge in [-0.2, -0.15) is 0 Å². The Hall–Kier alpha value is -1.97. The monoisotopic (exact) mass is 214 g/mol. The van der Waals surface area contributed by atoms with E-state index >= 15 is 0 Å². The quantitative estimate of drug-likeness (QED) is 0.850. The lowest BCUT2D eigenvalue weighted by Gasteiger charge is -2.09. The fourth-order valence-corrected chi connectivity index (χ4v) is 1.40. The maximum absolute atomic E-state index is 4.21. The number of anilines is 1. The van der Waals surface area contributed by atoms with Crippen molar-refractivity contribution in [2.45, 2.75) is 20.4 Å². The summed E-state index contributed by atoms with van der Waals surface area (Å²) < 4.78 is 0. The van der Waals surface area contributed by atoms with Crippen molar-refractivity contribution >= 4 is 5.82 Å². The zero-order chi connectivity index (χ0) is 11.4. The number of nitrogens with zero attached hydrogens (tertiary/aromatic N) is 3. The number of rotatable bonds is 3. The van der Waals surface area contributed by atoms with E-state index in [4.69, 9.17) is 0 Å². The van der Waals surface area contributed by atoms with Crippen molar-refractivity contribution in [3.63, 3.8) is 0 Å². The first-order chi connectivity index (χ1) is 7.77. The second-order valence-corrected chi connectivity index (χ2v) is 3.65. The van der Waals surface area contributed by atoms with Crippen molar-refractivity contribution in [1.29, 1.82) is 0 Å². The van der Waals surface area contributed by atoms with Gasteiger partial charge in [-0.25, -0.2) is 9.97 Å². The van der Waals surface area contributed by atoms with Crippen molar-refractivity contribution in [3.8, 4) is 0 Å². The summed E-state index contributed by atoms with van der Waals surface area (Å²) in [6.07, 6.45) is 5.19. The molecule has 2 heterocycles. The molecule has 2 rings (SSSR count). The van der Waals surface area contributed by atoms with Gasteiger partial charge in [-0.05, 0) is 25.5 Å². The van der Waals surface area contributed by atoms with Gasteiger partial charge < -0.3 is 5.32 Å². The van der Waals surface area contributed by atoms with Crippen molar-refractivity contribution < 1.29 is 0 Å². The Morgan fingerprint density at radius 3 is 2.88 bits per heavy atom. The second-order valence-electron chi connectivity index (χ2n) is 3.65. The average molecular weight is 214 g/mol. The molecule has 2 aromatic rings. The van der Waals surface area contributed by atoms with Gasteiger partial charge in [0.2, 0.25) is 0 Å². The molecule has 16 heavy (non-hydrogen) atoms. The van der Waals surface area contributed by atoms with Gasteiger partial charge in [-0.3, -0.25) is 4.98 Å². The van der Waals surface area contributed by atoms with E-state index in [2.05, 4.69) is 20.3 Å². The van der Waals surface area contributed by atoms with Gasteiger partial charge in [0.15, 0.2) is 0 Å². The van der Waals surface area contributed by atoms with Crippen molar-refractivity contribution in [2.24, 2.45) is 0 Å². The molecule has 0 saturated carbocycles. The number of aromatic nitrogens is 3. The molecule has 0 aliphatic carbocycles. The third-order valence-electron chi connectivity index (χ3n) is 2.52. The molecular weight excluding hydrogens is 200 g/mol. The molecule has 0 saturated heterocycles. The molecule has 0 amide bonds. The predicted molar refractivity (Wildman–Crippen MR) is 63.1 cm³/mol. The van der Waals surface area contributed by atoms with Crippen LogP contribution in [0, 0.1) is 13.8 Å². The Kier molecular flexibility index (Phi) is 3.10. The average Bonchev–Trinajstić information content (AvgIpc) is 2.32. The molecule has 82 valence electrons. The van der Waals surface area contributed by atoms with Gasteiger partial charge >= 0.3 is 0 Å². The molecule has 4 nitrogen and oxygen atoms in total. The van der Waals surface area contributed by atoms with Crippen LogP contribution in [0.2, 0.25) is 0 Å². The van der Waals surface area contributed by atoms with Crippen LogP contribution in [0.15, 0.2) is 30.9 Å². The molecule has 0 fully saturated rings. The Morgan fingerprint density at radius 2 is 2.12 bits per heavy atom. The lowest BCUT2D eigenvalue weighted by Crippen LogP contribution is -2.05. The number of aryl methyl sites for hydroxylation is 1. The van der Waals surface area contributed by atoms with Gasteiger partial charge in [0.1, 0.15) is 12.1 Å². The van der Waals surface area contributed by atoms with E-state index in [9.17, 15) is 0 Å². The van der Waals surface area contributed by atoms with E-state index in [0.29, 0.717) is 0 Å². The Morgan fingerprint density at radius 1 is 1.25 bits per heavy atom. The van der Waals surface area contributed by atoms with E-state index in [1.807, 2.05) is 32.2 Å². The number of hydrogen-bond acceptors (Lipinski definition) is 4. The van der Waals surface area contributed by atoms with E-state index in [-0.39, 0.29) is 0 Å². The highest BCUT2D eigenvalue weighted by molar-refractivity contribution is 5.44. The maximum atomic E-state index is 4.21. The predicted octanol–water partition coefficient (Wildman–Crippen LogP) is 2.10. The Balaban J connectivity index is 2.08. The summed E-state index contributed by atoms with van der Waals surface area (Å²) in [5.74, 6) is 0.886. The van der Waals surface area contributed by atoms with Crippen molar-refractivity contribution in [1.82, 2.24) is 15.0 Å². The highest BCUT2D eigenvalue weighted by Crippen LogP contribution is 2.13. The third kappa shape index (κ3) is 2.34. The van der Waals surface area contributed by atoms with Crippen LogP contribution in [0.25, 0.3) is 0 Å². The smallest absolute Gasteiger partial charge is 0.132 e. The summed E-state index contributed by atoms with van der Waals surface area (Å²) in [5.41, 5.74) is 3.23. The van der Waals surface area contributed by atoms with Crippen molar-refractivity contribution in [3.05, 3.63) is 47.7 Å². The number of hydrogen-bond donors (Lipinski definition) is 1. The van der Waals surface area contributed by atoms with Gasteiger partial charge in [0.25, 0.3) is 0 Å². The SMILES string of the molecule is Cc1ncnc(NCc2cccnc2)c1C. The van der Waals surface area contributed by atoms with E-state index in [0.717, 1.165) is 29.2 Å². The summed E-state index contributed by atoms with van der Waals surface area (Å²) in [5, 5.41) is 3.28. The van der Waals surface area contributed by atoms with Crippen LogP contribution in [0.4, 0.5) is 5.82 Å². The standard InChI is InChI=1S/C12H14N4/c1-9-10(2)15-8-16-12(9)14-7-11-4-3-5-13-6-11/h3-6,8H,7H2,1-2H3,(H,14,15,16). The fraction of sp³-hybridized carbons (Fsp3) is 0.250. The van der Waals surface area contributed by atoms with Crippen molar-refractivity contribution in [2.75, 3.05) is 5.32 Å². The lowest BCUT2D eigenvalue weighted by atomic mass is 10.2. The summed E-state index contributed by atoms with van der Waals surface area (Å²) >= 11 is 0. The highest BCUT2D eigenvalue weighted by atomic mass is 15.0. The topological polar surface area (TPSA) is 50.7 Å². The Bertz CT molecular complexity index is 468. The molecule has 1 N–H and O–H groups in total. The van der Waals surface area contributed by atoms with Gasteiger partial charge in [-0.1, -0.05) is 6.07 Å². The molecule has 0 bridgehead atoms. The number of pyridine rings is 1. The molecule has 0 spiro atoms. The summed E-state index contributed by atoms with van der Waals surface area (Å²) in [6.45, 7) is 4.72. The molecule has 0 aromatic carbocycles. The fourth-order valence-electron chi connectivity index (χ4n) is 1.40. The van der Waals surface area contributed by atoms with E-state index < -0.39 is 0 Å². The summed E-state index contributed by atoms with van der Waals surface area (Å²) in [4.78, 5) is 12.4. The molecular formula is C12H14N4. The first kappa shape index (κ1) is 10.5. The Labute approximate surface area is 94.8 Å². The van der Waals surface area contributed by atoms with Crippen LogP contribution < -0.4 is 5.32 Å². The molecule has 0 atom stereocenters. The minimum absolute atomic E-state index is 0.727. The highest BCUT2D eigenvalue weighted by Gasteiger charge is 2.02. The minimum Gasteiger partial charge on any atom is -0.366 e. The van der Waals surface area contributed by atoms with E-state index in [1.165, 1.54) is 0 Å². The summed E-state index contributed by atoms with van der Waals surface area (Å²) in [6, 6.07) is 3.96. The zero-order valence-corrected chi connectivity index (χ0v) is 9.44. The first-order valence-corrected chi connectivity index (χ1v) is 5.18. The molecule has 4 heteroatoms. The zero-order valence-electron chi connectivity index (χ0n) is 9.44. The maximum Gasteiger partial charge on any atom is 0.132 e. The van der Waals surface area contributed by atoms with Crippen LogP contribution in [-0.4, -0.2) is 15.0 Å². The van der Waals surface area contributed by atoms with Crippen LogP contribution >= 0.6 is 0 Å². The van der Waals surface area contributed by atoms with Crippen LogP contribution in [0.3, 0.4) is 0 Å². The largest absolute Gasteiger partial charge is 0.366 e. The van der Waals surface area contributed by atoms with Crippen LogP contribution in [0.1, 0.15) is 16.8 Å². The summed E-state index contributed by atoms with van der Waals surface area (Å²) in [7, 11) is 0. The minimum atomic E-state index is 0.727. The van der Waals surface area contributed by atoms with E-state index in [1.54, 1.807) is 12.5 Å². The third-order valence-corrected chi connectivity index (χ3v) is 2.52. The van der Waals surface area contributed by atoms with Gasteiger partial charge in [0.05, 0.1) is 0 Å². The normalized spacial score (nSPS) is 10.1. The number of nitrogens with one attached hydrogen (secondary N) is 1. The molecule has 0 unspecified atom stereocenters. The van der Waals surface area contributed by atoms with Crippen LogP contribution in [-0.2, 0) is 6.54 Å². The van der Waals surface area contributed by atoms with Gasteiger partial charge in [-0.15, -0.1) is 0 Å². The second kappa shape index (κ2) is 4.70. The lowest BCUT2D eigenvalue weighted by molar-refractivity contribution is 1.02. The van der Waals surface area contributed by atoms with Gasteiger partial charge in [0, 0.05) is 30.2 Å². The molecule has 2 aromatic heterocycles. The molecule has 0 aliphatic heterocycles. The first-order valence-electron chi connectivity index (χ1n) is 5.18.